The molecule has 0 atom stereocenters. The van der Waals surface area contributed by atoms with E-state index in [0.29, 0.717) is 10.9 Å². The summed E-state index contributed by atoms with van der Waals surface area (Å²) in [6.45, 7) is 6.41. The van der Waals surface area contributed by atoms with Gasteiger partial charge in [0.1, 0.15) is 11.4 Å². The van der Waals surface area contributed by atoms with Gasteiger partial charge < -0.3 is 4.74 Å². The minimum atomic E-state index is -0.244. The zero-order valence-corrected chi connectivity index (χ0v) is 15.8. The lowest BCUT2D eigenvalue weighted by Crippen LogP contribution is -2.20. The molecule has 0 radical (unpaired) electrons. The molecule has 3 rings (SSSR count). The molecule has 0 bridgehead atoms. The molecule has 3 aromatic rings. The van der Waals surface area contributed by atoms with E-state index >= 15 is 0 Å². The molecule has 1 amide bonds. The number of ether oxygens (including phenoxy) is 1. The summed E-state index contributed by atoms with van der Waals surface area (Å²) in [4.78, 5) is 20.7. The van der Waals surface area contributed by atoms with E-state index in [9.17, 15) is 4.79 Å². The van der Waals surface area contributed by atoms with Crippen LogP contribution in [0.5, 0.6) is 5.75 Å². The average molecular weight is 367 g/mol. The molecular weight excluding hydrogens is 346 g/mol. The summed E-state index contributed by atoms with van der Waals surface area (Å²) in [5.74, 6) is 0.424. The van der Waals surface area contributed by atoms with E-state index in [1.165, 1.54) is 16.9 Å². The molecule has 0 aliphatic carbocycles. The molecule has 0 aliphatic rings. The maximum atomic E-state index is 12.1. The van der Waals surface area contributed by atoms with Crippen molar-refractivity contribution < 1.29 is 9.53 Å². The van der Waals surface area contributed by atoms with Crippen LogP contribution in [0.15, 0.2) is 54.0 Å². The van der Waals surface area contributed by atoms with Crippen LogP contribution in [0, 0.1) is 0 Å². The maximum absolute atomic E-state index is 12.1. The van der Waals surface area contributed by atoms with Crippen molar-refractivity contribution in [2.24, 2.45) is 0 Å². The number of benzene rings is 1. The smallest absolute Gasteiger partial charge is 0.264 e. The summed E-state index contributed by atoms with van der Waals surface area (Å²) in [6, 6.07) is 13.4. The van der Waals surface area contributed by atoms with Gasteiger partial charge in [0.2, 0.25) is 0 Å². The molecule has 1 N–H and O–H groups in total. The average Bonchev–Trinajstić information content (AvgIpc) is 3.09. The predicted molar refractivity (Wildman–Crippen MR) is 105 cm³/mol. The molecule has 0 fully saturated rings. The summed E-state index contributed by atoms with van der Waals surface area (Å²) in [6.07, 6.45) is 1.71. The van der Waals surface area contributed by atoms with Crippen molar-refractivity contribution in [1.29, 1.82) is 0 Å². The van der Waals surface area contributed by atoms with E-state index in [2.05, 4.69) is 36.1 Å². The molecule has 6 heteroatoms. The summed E-state index contributed by atoms with van der Waals surface area (Å²) in [7, 11) is 0. The number of pyridine rings is 1. The third-order valence-corrected chi connectivity index (χ3v) is 4.53. The summed E-state index contributed by atoms with van der Waals surface area (Å²) < 4.78 is 5.55. The van der Waals surface area contributed by atoms with Crippen molar-refractivity contribution in [2.75, 3.05) is 11.9 Å². The van der Waals surface area contributed by atoms with Crippen LogP contribution in [0.25, 0.3) is 11.4 Å². The Labute approximate surface area is 157 Å². The zero-order valence-electron chi connectivity index (χ0n) is 15.0. The Kier molecular flexibility index (Phi) is 5.32. The van der Waals surface area contributed by atoms with Gasteiger partial charge in [-0.05, 0) is 35.2 Å². The number of carbonyl (C=O) groups excluding carboxylic acids is 1. The van der Waals surface area contributed by atoms with Gasteiger partial charge in [-0.25, -0.2) is 4.98 Å². The van der Waals surface area contributed by atoms with E-state index in [0.717, 1.165) is 11.4 Å². The number of nitrogens with zero attached hydrogens (tertiary/aromatic N) is 2. The fraction of sp³-hybridized carbons (Fsp3) is 0.250. The molecule has 0 aliphatic heterocycles. The molecule has 0 saturated heterocycles. The number of anilines is 1. The Morgan fingerprint density at radius 3 is 2.54 bits per heavy atom. The Hall–Kier alpha value is -2.73. The number of hydrogen-bond acceptors (Lipinski definition) is 5. The second-order valence-electron chi connectivity index (χ2n) is 6.86. The van der Waals surface area contributed by atoms with Crippen molar-refractivity contribution in [3.8, 4) is 17.1 Å². The molecule has 26 heavy (non-hydrogen) atoms. The molecule has 5 nitrogen and oxygen atoms in total. The first-order valence-corrected chi connectivity index (χ1v) is 9.20. The number of nitrogens with one attached hydrogen (secondary N) is 1. The second-order valence-corrected chi connectivity index (χ2v) is 7.72. The lowest BCUT2D eigenvalue weighted by Gasteiger charge is -2.19. The lowest BCUT2D eigenvalue weighted by atomic mass is 9.87. The van der Waals surface area contributed by atoms with Crippen LogP contribution in [0.2, 0.25) is 0 Å². The van der Waals surface area contributed by atoms with E-state index in [-0.39, 0.29) is 17.9 Å². The topological polar surface area (TPSA) is 64.1 Å². The number of amides is 1. The standard InChI is InChI=1S/C20H21N3O2S/c1-20(2,3)14-7-9-15(10-8-14)25-12-18(24)23-19-22-17(13-26-19)16-6-4-5-11-21-16/h4-11,13H,12H2,1-3H3,(H,22,23,24). The van der Waals surface area contributed by atoms with Gasteiger partial charge in [0, 0.05) is 11.6 Å². The van der Waals surface area contributed by atoms with Gasteiger partial charge in [-0.2, -0.15) is 0 Å². The van der Waals surface area contributed by atoms with Gasteiger partial charge in [0.15, 0.2) is 11.7 Å². The van der Waals surface area contributed by atoms with Crippen LogP contribution in [0.3, 0.4) is 0 Å². The largest absolute Gasteiger partial charge is 0.484 e. The molecule has 0 unspecified atom stereocenters. The fourth-order valence-corrected chi connectivity index (χ4v) is 3.04. The highest BCUT2D eigenvalue weighted by Crippen LogP contribution is 2.25. The third-order valence-electron chi connectivity index (χ3n) is 3.77. The quantitative estimate of drug-likeness (QED) is 0.720. The van der Waals surface area contributed by atoms with Crippen LogP contribution in [0.1, 0.15) is 26.3 Å². The van der Waals surface area contributed by atoms with Gasteiger partial charge >= 0.3 is 0 Å². The number of rotatable bonds is 5. The predicted octanol–water partition coefficient (Wildman–Crippen LogP) is 4.52. The van der Waals surface area contributed by atoms with Crippen molar-refractivity contribution in [3.05, 3.63) is 59.6 Å². The Morgan fingerprint density at radius 2 is 1.88 bits per heavy atom. The summed E-state index contributed by atoms with van der Waals surface area (Å²) >= 11 is 1.36. The Morgan fingerprint density at radius 1 is 1.12 bits per heavy atom. The Bertz CT molecular complexity index is 868. The number of thiazole rings is 1. The summed E-state index contributed by atoms with van der Waals surface area (Å²) in [5, 5.41) is 5.15. The van der Waals surface area contributed by atoms with E-state index < -0.39 is 0 Å². The van der Waals surface area contributed by atoms with Crippen LogP contribution in [-0.2, 0) is 10.2 Å². The monoisotopic (exact) mass is 367 g/mol. The highest BCUT2D eigenvalue weighted by Gasteiger charge is 2.13. The first kappa shape index (κ1) is 18.1. The normalized spacial score (nSPS) is 11.2. The van der Waals surface area contributed by atoms with Gasteiger partial charge in [-0.15, -0.1) is 11.3 Å². The SMILES string of the molecule is CC(C)(C)c1ccc(OCC(=O)Nc2nc(-c3ccccn3)cs2)cc1. The lowest BCUT2D eigenvalue weighted by molar-refractivity contribution is -0.118. The minimum Gasteiger partial charge on any atom is -0.484 e. The second kappa shape index (κ2) is 7.66. The molecular formula is C20H21N3O2S. The summed E-state index contributed by atoms with van der Waals surface area (Å²) in [5.41, 5.74) is 2.83. The molecule has 0 saturated carbocycles. The van der Waals surface area contributed by atoms with Crippen molar-refractivity contribution >= 4 is 22.4 Å². The van der Waals surface area contributed by atoms with Gasteiger partial charge in [-0.1, -0.05) is 39.0 Å². The van der Waals surface area contributed by atoms with E-state index in [1.54, 1.807) is 6.20 Å². The maximum Gasteiger partial charge on any atom is 0.264 e. The molecule has 0 spiro atoms. The molecule has 2 heterocycles. The highest BCUT2D eigenvalue weighted by atomic mass is 32.1. The molecule has 2 aromatic heterocycles. The highest BCUT2D eigenvalue weighted by molar-refractivity contribution is 7.14. The fourth-order valence-electron chi connectivity index (χ4n) is 2.32. The zero-order chi connectivity index (χ0) is 18.6. The first-order chi connectivity index (χ1) is 12.4. The molecule has 1 aromatic carbocycles. The van der Waals surface area contributed by atoms with E-state index in [4.69, 9.17) is 4.74 Å². The number of aromatic nitrogens is 2. The minimum absolute atomic E-state index is 0.0621. The van der Waals surface area contributed by atoms with Gasteiger partial charge in [0.25, 0.3) is 5.91 Å². The van der Waals surface area contributed by atoms with Crippen molar-refractivity contribution in [3.63, 3.8) is 0 Å². The van der Waals surface area contributed by atoms with E-state index in [1.807, 2.05) is 47.8 Å². The van der Waals surface area contributed by atoms with Crippen LogP contribution >= 0.6 is 11.3 Å². The van der Waals surface area contributed by atoms with Crippen LogP contribution < -0.4 is 10.1 Å². The van der Waals surface area contributed by atoms with Gasteiger partial charge in [0.05, 0.1) is 5.69 Å². The Balaban J connectivity index is 1.54. The molecule has 134 valence electrons. The van der Waals surface area contributed by atoms with Crippen LogP contribution in [0.4, 0.5) is 5.13 Å². The van der Waals surface area contributed by atoms with Crippen molar-refractivity contribution in [1.82, 2.24) is 9.97 Å². The first-order valence-electron chi connectivity index (χ1n) is 8.32. The number of hydrogen-bond donors (Lipinski definition) is 1. The van der Waals surface area contributed by atoms with Crippen LogP contribution in [-0.4, -0.2) is 22.5 Å². The number of carbonyl (C=O) groups is 1. The third kappa shape index (κ3) is 4.67. The van der Waals surface area contributed by atoms with Gasteiger partial charge in [-0.3, -0.25) is 15.1 Å². The van der Waals surface area contributed by atoms with Crippen molar-refractivity contribution in [2.45, 2.75) is 26.2 Å².